The molecule has 2 aliphatic heterocycles. The van der Waals surface area contributed by atoms with Gasteiger partial charge in [-0.05, 0) is 48.9 Å². The lowest BCUT2D eigenvalue weighted by Gasteiger charge is -2.30. The minimum atomic E-state index is 0.763. The van der Waals surface area contributed by atoms with Crippen molar-refractivity contribution in [1.29, 1.82) is 0 Å². The number of fused-ring (bicyclic) bond motifs is 1. The molecule has 0 bridgehead atoms. The molecule has 2 nitrogen and oxygen atoms in total. The van der Waals surface area contributed by atoms with E-state index in [9.17, 15) is 0 Å². The minimum Gasteiger partial charge on any atom is -0.493 e. The third-order valence-electron chi connectivity index (χ3n) is 4.27. The first-order chi connectivity index (χ1) is 8.34. The van der Waals surface area contributed by atoms with Gasteiger partial charge in [0.1, 0.15) is 5.75 Å². The monoisotopic (exact) mass is 231 g/mol. The van der Waals surface area contributed by atoms with E-state index < -0.39 is 0 Å². The number of hydrogen-bond donors (Lipinski definition) is 1. The van der Waals surface area contributed by atoms with Crippen LogP contribution in [0.25, 0.3) is 0 Å². The van der Waals surface area contributed by atoms with Crippen LogP contribution in [-0.4, -0.2) is 19.7 Å². The number of nitrogens with one attached hydrogen (secondary N) is 1. The molecule has 0 amide bonds. The number of hydrogen-bond acceptors (Lipinski definition) is 2. The summed E-state index contributed by atoms with van der Waals surface area (Å²) in [7, 11) is 0. The second-order valence-electron chi connectivity index (χ2n) is 5.44. The van der Waals surface area contributed by atoms with Gasteiger partial charge in [-0.2, -0.15) is 0 Å². The van der Waals surface area contributed by atoms with Crippen molar-refractivity contribution in [3.05, 3.63) is 29.3 Å². The van der Waals surface area contributed by atoms with Crippen LogP contribution in [-0.2, 0) is 12.8 Å². The van der Waals surface area contributed by atoms with E-state index >= 15 is 0 Å². The molecule has 0 radical (unpaired) electrons. The first kappa shape index (κ1) is 11.1. The van der Waals surface area contributed by atoms with Crippen molar-refractivity contribution in [2.75, 3.05) is 19.7 Å². The summed E-state index contributed by atoms with van der Waals surface area (Å²) in [4.78, 5) is 0. The molecule has 2 aliphatic rings. The highest BCUT2D eigenvalue weighted by Crippen LogP contribution is 2.33. The lowest BCUT2D eigenvalue weighted by atomic mass is 9.83. The molecule has 3 rings (SSSR count). The summed E-state index contributed by atoms with van der Waals surface area (Å²) in [6, 6.07) is 6.63. The second kappa shape index (κ2) is 4.69. The Bertz CT molecular complexity index is 402. The Morgan fingerprint density at radius 3 is 3.24 bits per heavy atom. The van der Waals surface area contributed by atoms with Crippen LogP contribution >= 0.6 is 0 Å². The molecule has 1 saturated heterocycles. The molecular weight excluding hydrogens is 210 g/mol. The zero-order chi connectivity index (χ0) is 11.7. The average molecular weight is 231 g/mol. The summed E-state index contributed by atoms with van der Waals surface area (Å²) in [5.41, 5.74) is 2.82. The predicted octanol–water partition coefficient (Wildman–Crippen LogP) is 2.41. The van der Waals surface area contributed by atoms with Crippen molar-refractivity contribution < 1.29 is 4.74 Å². The van der Waals surface area contributed by atoms with E-state index in [-0.39, 0.29) is 0 Å². The molecule has 1 aromatic rings. The summed E-state index contributed by atoms with van der Waals surface area (Å²) < 4.78 is 5.79. The van der Waals surface area contributed by atoms with Gasteiger partial charge in [0, 0.05) is 6.42 Å². The fourth-order valence-corrected chi connectivity index (χ4v) is 3.05. The Morgan fingerprint density at radius 2 is 2.35 bits per heavy atom. The molecule has 1 N–H and O–H groups in total. The molecule has 2 heterocycles. The largest absolute Gasteiger partial charge is 0.493 e. The van der Waals surface area contributed by atoms with Crippen LogP contribution < -0.4 is 10.1 Å². The number of rotatable bonds is 2. The Labute approximate surface area is 103 Å². The third-order valence-corrected chi connectivity index (χ3v) is 4.27. The molecule has 0 spiro atoms. The first-order valence-corrected chi connectivity index (χ1v) is 6.79. The van der Waals surface area contributed by atoms with Crippen molar-refractivity contribution in [3.8, 4) is 5.75 Å². The van der Waals surface area contributed by atoms with Gasteiger partial charge in [0.15, 0.2) is 0 Å². The van der Waals surface area contributed by atoms with Crippen LogP contribution in [0.4, 0.5) is 0 Å². The maximum Gasteiger partial charge on any atom is 0.125 e. The SMILES string of the molecule is CC1CCNCC1Cc1cccc2c1OCC2. The van der Waals surface area contributed by atoms with Crippen molar-refractivity contribution in [3.63, 3.8) is 0 Å². The Morgan fingerprint density at radius 1 is 1.41 bits per heavy atom. The molecular formula is C15H21NO. The highest BCUT2D eigenvalue weighted by atomic mass is 16.5. The Hall–Kier alpha value is -1.02. The van der Waals surface area contributed by atoms with Crippen molar-refractivity contribution in [2.24, 2.45) is 11.8 Å². The molecule has 2 unspecified atom stereocenters. The number of piperidine rings is 1. The standard InChI is InChI=1S/C15H21NO/c1-11-5-7-16-10-14(11)9-13-4-2-3-12-6-8-17-15(12)13/h2-4,11,14,16H,5-10H2,1H3. The summed E-state index contributed by atoms with van der Waals surface area (Å²) in [6.45, 7) is 5.59. The van der Waals surface area contributed by atoms with Gasteiger partial charge in [0.2, 0.25) is 0 Å². The van der Waals surface area contributed by atoms with Gasteiger partial charge in [-0.25, -0.2) is 0 Å². The van der Waals surface area contributed by atoms with E-state index in [1.165, 1.54) is 29.8 Å². The molecule has 0 aliphatic carbocycles. The maximum atomic E-state index is 5.79. The normalized spacial score (nSPS) is 27.6. The molecule has 1 aromatic carbocycles. The lowest BCUT2D eigenvalue weighted by molar-refractivity contribution is 0.269. The average Bonchev–Trinajstić information content (AvgIpc) is 2.81. The topological polar surface area (TPSA) is 21.3 Å². The van der Waals surface area contributed by atoms with Gasteiger partial charge in [-0.3, -0.25) is 0 Å². The van der Waals surface area contributed by atoms with E-state index in [4.69, 9.17) is 4.74 Å². The van der Waals surface area contributed by atoms with Gasteiger partial charge in [-0.15, -0.1) is 0 Å². The van der Waals surface area contributed by atoms with Crippen LogP contribution in [0, 0.1) is 11.8 Å². The predicted molar refractivity (Wildman–Crippen MR) is 69.5 cm³/mol. The lowest BCUT2D eigenvalue weighted by Crippen LogP contribution is -2.36. The van der Waals surface area contributed by atoms with Gasteiger partial charge in [0.25, 0.3) is 0 Å². The molecule has 92 valence electrons. The minimum absolute atomic E-state index is 0.763. The smallest absolute Gasteiger partial charge is 0.125 e. The zero-order valence-electron chi connectivity index (χ0n) is 10.5. The van der Waals surface area contributed by atoms with Crippen LogP contribution in [0.3, 0.4) is 0 Å². The number of para-hydroxylation sites is 1. The van der Waals surface area contributed by atoms with Crippen LogP contribution in [0.5, 0.6) is 5.75 Å². The molecule has 2 heteroatoms. The summed E-state index contributed by atoms with van der Waals surface area (Å²) >= 11 is 0. The zero-order valence-corrected chi connectivity index (χ0v) is 10.5. The summed E-state index contributed by atoms with van der Waals surface area (Å²) in [5.74, 6) is 2.78. The Balaban J connectivity index is 1.78. The molecule has 0 aromatic heterocycles. The van der Waals surface area contributed by atoms with Gasteiger partial charge in [-0.1, -0.05) is 25.1 Å². The van der Waals surface area contributed by atoms with Gasteiger partial charge in [0.05, 0.1) is 6.61 Å². The van der Waals surface area contributed by atoms with Gasteiger partial charge >= 0.3 is 0 Å². The van der Waals surface area contributed by atoms with Crippen molar-refractivity contribution in [2.45, 2.75) is 26.2 Å². The maximum absolute atomic E-state index is 5.79. The fraction of sp³-hybridized carbons (Fsp3) is 0.600. The fourth-order valence-electron chi connectivity index (χ4n) is 3.05. The third kappa shape index (κ3) is 2.19. The molecule has 1 fully saturated rings. The Kier molecular flexibility index (Phi) is 3.06. The van der Waals surface area contributed by atoms with Crippen LogP contribution in [0.15, 0.2) is 18.2 Å². The number of benzene rings is 1. The second-order valence-corrected chi connectivity index (χ2v) is 5.44. The highest BCUT2D eigenvalue weighted by molar-refractivity contribution is 5.44. The van der Waals surface area contributed by atoms with Crippen molar-refractivity contribution in [1.82, 2.24) is 5.32 Å². The highest BCUT2D eigenvalue weighted by Gasteiger charge is 2.24. The van der Waals surface area contributed by atoms with Crippen LogP contribution in [0.2, 0.25) is 0 Å². The van der Waals surface area contributed by atoms with E-state index in [0.29, 0.717) is 0 Å². The van der Waals surface area contributed by atoms with E-state index in [1.54, 1.807) is 0 Å². The van der Waals surface area contributed by atoms with E-state index in [2.05, 4.69) is 30.4 Å². The summed E-state index contributed by atoms with van der Waals surface area (Å²) in [5, 5.41) is 3.51. The quantitative estimate of drug-likeness (QED) is 0.844. The summed E-state index contributed by atoms with van der Waals surface area (Å²) in [6.07, 6.45) is 3.56. The first-order valence-electron chi connectivity index (χ1n) is 6.79. The van der Waals surface area contributed by atoms with Gasteiger partial charge < -0.3 is 10.1 Å². The number of ether oxygens (including phenoxy) is 1. The van der Waals surface area contributed by atoms with E-state index in [1.807, 2.05) is 0 Å². The van der Waals surface area contributed by atoms with Crippen molar-refractivity contribution >= 4 is 0 Å². The van der Waals surface area contributed by atoms with Crippen LogP contribution in [0.1, 0.15) is 24.5 Å². The molecule has 17 heavy (non-hydrogen) atoms. The van der Waals surface area contributed by atoms with E-state index in [0.717, 1.165) is 37.8 Å². The molecule has 0 saturated carbocycles. The molecule has 2 atom stereocenters.